The molecule has 0 bridgehead atoms. The lowest BCUT2D eigenvalue weighted by atomic mass is 10.3. The summed E-state index contributed by atoms with van der Waals surface area (Å²) in [4.78, 5) is 21.6. The van der Waals surface area contributed by atoms with Crippen LogP contribution >= 0.6 is 23.1 Å². The van der Waals surface area contributed by atoms with Crippen molar-refractivity contribution in [2.45, 2.75) is 31.5 Å². The lowest BCUT2D eigenvalue weighted by Crippen LogP contribution is -2.21. The second kappa shape index (κ2) is 7.01. The predicted molar refractivity (Wildman–Crippen MR) is 103 cm³/mol. The minimum atomic E-state index is 0.0592. The molecule has 3 aromatic heterocycles. The van der Waals surface area contributed by atoms with E-state index in [4.69, 9.17) is 4.42 Å². The molecule has 3 heterocycles. The molecule has 0 aliphatic rings. The van der Waals surface area contributed by atoms with Gasteiger partial charge in [0.05, 0.1) is 5.52 Å². The summed E-state index contributed by atoms with van der Waals surface area (Å²) in [5.74, 6) is 1.62. The molecule has 0 spiro atoms. The summed E-state index contributed by atoms with van der Waals surface area (Å²) in [6.07, 6.45) is 1.69. The van der Waals surface area contributed by atoms with Crippen LogP contribution in [-0.2, 0) is 13.0 Å². The number of hydrogen-bond acceptors (Lipinski definition) is 6. The van der Waals surface area contributed by atoms with Gasteiger partial charge in [-0.25, -0.2) is 9.97 Å². The molecule has 0 fully saturated rings. The first-order valence-corrected chi connectivity index (χ1v) is 10.1. The van der Waals surface area contributed by atoms with Gasteiger partial charge in [-0.05, 0) is 36.9 Å². The lowest BCUT2D eigenvalue weighted by molar-refractivity contribution is 0.526. The highest BCUT2D eigenvalue weighted by molar-refractivity contribution is 7.99. The molecule has 0 saturated heterocycles. The van der Waals surface area contributed by atoms with Gasteiger partial charge in [0, 0.05) is 18.7 Å². The fourth-order valence-corrected chi connectivity index (χ4v) is 4.51. The maximum Gasteiger partial charge on any atom is 0.272 e. The molecule has 1 aromatic carbocycles. The van der Waals surface area contributed by atoms with Crippen LogP contribution in [0.3, 0.4) is 0 Å². The van der Waals surface area contributed by atoms with E-state index in [0.29, 0.717) is 6.54 Å². The number of para-hydroxylation sites is 2. The Hall–Kier alpha value is -2.12. The van der Waals surface area contributed by atoms with E-state index < -0.39 is 0 Å². The van der Waals surface area contributed by atoms with Crippen LogP contribution in [-0.4, -0.2) is 20.3 Å². The van der Waals surface area contributed by atoms with Gasteiger partial charge in [-0.3, -0.25) is 9.36 Å². The van der Waals surface area contributed by atoms with Crippen LogP contribution in [0.1, 0.15) is 19.2 Å². The number of aryl methyl sites for hydroxylation is 1. The normalized spacial score (nSPS) is 11.6. The second-order valence-corrected chi connectivity index (χ2v) is 7.58. The van der Waals surface area contributed by atoms with Crippen molar-refractivity contribution in [3.8, 4) is 0 Å². The molecular weight excluding hydrogens is 354 g/mol. The van der Waals surface area contributed by atoms with Gasteiger partial charge in [0.25, 0.3) is 5.56 Å². The van der Waals surface area contributed by atoms with E-state index in [9.17, 15) is 4.79 Å². The zero-order chi connectivity index (χ0) is 17.2. The molecule has 0 aliphatic carbocycles. The summed E-state index contributed by atoms with van der Waals surface area (Å²) >= 11 is 3.07. The molecule has 0 atom stereocenters. The van der Waals surface area contributed by atoms with Gasteiger partial charge >= 0.3 is 0 Å². The fraction of sp³-hybridized carbons (Fsp3) is 0.278. The summed E-state index contributed by atoms with van der Waals surface area (Å²) in [6, 6.07) is 9.70. The quantitative estimate of drug-likeness (QED) is 0.287. The molecule has 0 amide bonds. The Balaban J connectivity index is 1.44. The Kier molecular flexibility index (Phi) is 4.59. The first kappa shape index (κ1) is 16.4. The zero-order valence-corrected chi connectivity index (χ0v) is 15.4. The Bertz CT molecular complexity index is 1050. The summed E-state index contributed by atoms with van der Waals surface area (Å²) in [6.45, 7) is 2.61. The summed E-state index contributed by atoms with van der Waals surface area (Å²) in [5.41, 5.74) is 2.58. The standard InChI is InChI=1S/C18H17N3O2S2/c1-2-21-17(22)16-13(9-11-24-16)20-18(21)25-10-5-8-15-19-12-6-3-4-7-14(12)23-15/h3-4,6-7,9,11H,2,5,8,10H2,1H3. The zero-order valence-electron chi connectivity index (χ0n) is 13.8. The Labute approximate surface area is 152 Å². The van der Waals surface area contributed by atoms with Crippen molar-refractivity contribution < 1.29 is 4.42 Å². The summed E-state index contributed by atoms with van der Waals surface area (Å²) in [5, 5.41) is 2.71. The number of nitrogens with zero attached hydrogens (tertiary/aromatic N) is 3. The molecular formula is C18H17N3O2S2. The van der Waals surface area contributed by atoms with Crippen LogP contribution < -0.4 is 5.56 Å². The van der Waals surface area contributed by atoms with E-state index in [1.54, 1.807) is 16.3 Å². The van der Waals surface area contributed by atoms with Gasteiger partial charge in [0.2, 0.25) is 0 Å². The number of aromatic nitrogens is 3. The van der Waals surface area contributed by atoms with Crippen LogP contribution in [0.15, 0.2) is 50.1 Å². The third-order valence-corrected chi connectivity index (χ3v) is 5.91. The largest absolute Gasteiger partial charge is 0.441 e. The molecule has 0 saturated carbocycles. The molecule has 0 aliphatic heterocycles. The molecule has 4 rings (SSSR count). The maximum absolute atomic E-state index is 12.5. The van der Waals surface area contributed by atoms with E-state index in [1.807, 2.05) is 42.6 Å². The molecule has 4 aromatic rings. The molecule has 0 N–H and O–H groups in total. The Morgan fingerprint density at radius 3 is 2.92 bits per heavy atom. The van der Waals surface area contributed by atoms with Crippen molar-refractivity contribution in [2.75, 3.05) is 5.75 Å². The first-order valence-electron chi connectivity index (χ1n) is 8.21. The maximum atomic E-state index is 12.5. The average Bonchev–Trinajstić information content (AvgIpc) is 3.25. The number of oxazole rings is 1. The number of benzene rings is 1. The van der Waals surface area contributed by atoms with Crippen LogP contribution in [0, 0.1) is 0 Å². The van der Waals surface area contributed by atoms with E-state index in [1.165, 1.54) is 11.3 Å². The van der Waals surface area contributed by atoms with Gasteiger partial charge in [-0.2, -0.15) is 0 Å². The predicted octanol–water partition coefficient (Wildman–Crippen LogP) is 4.34. The van der Waals surface area contributed by atoms with Gasteiger partial charge in [-0.15, -0.1) is 11.3 Å². The van der Waals surface area contributed by atoms with E-state index in [0.717, 1.165) is 51.0 Å². The molecule has 128 valence electrons. The minimum absolute atomic E-state index is 0.0592. The molecule has 7 heteroatoms. The van der Waals surface area contributed by atoms with E-state index >= 15 is 0 Å². The van der Waals surface area contributed by atoms with Crippen molar-refractivity contribution in [3.05, 3.63) is 52.0 Å². The van der Waals surface area contributed by atoms with Gasteiger partial charge in [0.15, 0.2) is 16.6 Å². The number of hydrogen-bond donors (Lipinski definition) is 0. The van der Waals surface area contributed by atoms with Crippen LogP contribution in [0.25, 0.3) is 21.3 Å². The highest BCUT2D eigenvalue weighted by Crippen LogP contribution is 2.22. The fourth-order valence-electron chi connectivity index (χ4n) is 2.73. The van der Waals surface area contributed by atoms with E-state index in [-0.39, 0.29) is 5.56 Å². The smallest absolute Gasteiger partial charge is 0.272 e. The number of fused-ring (bicyclic) bond motifs is 2. The van der Waals surface area contributed by atoms with Crippen molar-refractivity contribution >= 4 is 44.4 Å². The van der Waals surface area contributed by atoms with Gasteiger partial charge in [0.1, 0.15) is 10.2 Å². The summed E-state index contributed by atoms with van der Waals surface area (Å²) < 4.78 is 8.23. The van der Waals surface area contributed by atoms with Crippen LogP contribution in [0.2, 0.25) is 0 Å². The number of rotatable bonds is 6. The highest BCUT2D eigenvalue weighted by atomic mass is 32.2. The first-order chi connectivity index (χ1) is 12.3. The SMILES string of the molecule is CCn1c(SCCCc2nc3ccccc3o2)nc2ccsc2c1=O. The van der Waals surface area contributed by atoms with Crippen LogP contribution in [0.4, 0.5) is 0 Å². The molecule has 25 heavy (non-hydrogen) atoms. The summed E-state index contributed by atoms with van der Waals surface area (Å²) in [7, 11) is 0. The lowest BCUT2D eigenvalue weighted by Gasteiger charge is -2.09. The minimum Gasteiger partial charge on any atom is -0.441 e. The van der Waals surface area contributed by atoms with Crippen molar-refractivity contribution in [1.82, 2.24) is 14.5 Å². The topological polar surface area (TPSA) is 60.9 Å². The third-order valence-electron chi connectivity index (χ3n) is 3.95. The third kappa shape index (κ3) is 3.21. The molecule has 0 radical (unpaired) electrons. The van der Waals surface area contributed by atoms with Gasteiger partial charge in [-0.1, -0.05) is 23.9 Å². The monoisotopic (exact) mass is 371 g/mol. The van der Waals surface area contributed by atoms with Crippen molar-refractivity contribution in [1.29, 1.82) is 0 Å². The Morgan fingerprint density at radius 2 is 2.08 bits per heavy atom. The molecule has 0 unspecified atom stereocenters. The molecule has 5 nitrogen and oxygen atoms in total. The van der Waals surface area contributed by atoms with Crippen LogP contribution in [0.5, 0.6) is 0 Å². The van der Waals surface area contributed by atoms with Crippen molar-refractivity contribution in [3.63, 3.8) is 0 Å². The second-order valence-electron chi connectivity index (χ2n) is 5.61. The Morgan fingerprint density at radius 1 is 1.20 bits per heavy atom. The van der Waals surface area contributed by atoms with Gasteiger partial charge < -0.3 is 4.42 Å². The van der Waals surface area contributed by atoms with Crippen molar-refractivity contribution in [2.24, 2.45) is 0 Å². The number of thiophene rings is 1. The average molecular weight is 371 g/mol. The number of thioether (sulfide) groups is 1. The van der Waals surface area contributed by atoms with E-state index in [2.05, 4.69) is 9.97 Å². The highest BCUT2D eigenvalue weighted by Gasteiger charge is 2.11.